The van der Waals surface area contributed by atoms with Gasteiger partial charge >= 0.3 is 0 Å². The van der Waals surface area contributed by atoms with E-state index in [1.807, 2.05) is 4.68 Å². The zero-order valence-electron chi connectivity index (χ0n) is 11.3. The van der Waals surface area contributed by atoms with Crippen LogP contribution >= 0.6 is 0 Å². The third-order valence-corrected chi connectivity index (χ3v) is 2.65. The maximum atomic E-state index is 10.3. The second kappa shape index (κ2) is 4.48. The molecule has 16 heavy (non-hydrogen) atoms. The largest absolute Gasteiger partial charge is 0.504 e. The predicted molar refractivity (Wildman–Crippen MR) is 67.0 cm³/mol. The SMILES string of the molecule is CCCn1nc(C(C)C)c(O)c1C(C)(C)C. The minimum Gasteiger partial charge on any atom is -0.504 e. The van der Waals surface area contributed by atoms with E-state index in [4.69, 9.17) is 0 Å². The molecule has 0 unspecified atom stereocenters. The molecule has 92 valence electrons. The van der Waals surface area contributed by atoms with Gasteiger partial charge in [0.05, 0.1) is 5.69 Å². The zero-order valence-corrected chi connectivity index (χ0v) is 11.3. The molecule has 0 aliphatic rings. The average Bonchev–Trinajstić information content (AvgIpc) is 2.42. The number of nitrogens with zero attached hydrogens (tertiary/aromatic N) is 2. The molecule has 0 aliphatic heterocycles. The lowest BCUT2D eigenvalue weighted by Crippen LogP contribution is -2.18. The summed E-state index contributed by atoms with van der Waals surface area (Å²) in [5.74, 6) is 0.648. The third-order valence-electron chi connectivity index (χ3n) is 2.65. The van der Waals surface area contributed by atoms with Crippen molar-refractivity contribution in [2.45, 2.75) is 65.8 Å². The van der Waals surface area contributed by atoms with Crippen molar-refractivity contribution in [1.29, 1.82) is 0 Å². The van der Waals surface area contributed by atoms with Gasteiger partial charge in [0, 0.05) is 17.9 Å². The molecule has 0 bridgehead atoms. The van der Waals surface area contributed by atoms with Gasteiger partial charge in [-0.3, -0.25) is 4.68 Å². The molecule has 0 amide bonds. The van der Waals surface area contributed by atoms with Crippen LogP contribution in [0.4, 0.5) is 0 Å². The van der Waals surface area contributed by atoms with E-state index in [1.54, 1.807) is 0 Å². The highest BCUT2D eigenvalue weighted by atomic mass is 16.3. The van der Waals surface area contributed by atoms with Crippen LogP contribution in [0.1, 0.15) is 65.3 Å². The first kappa shape index (κ1) is 13.1. The molecular weight excluding hydrogens is 200 g/mol. The molecule has 1 heterocycles. The standard InChI is InChI=1S/C13H24N2O/c1-7-8-15-12(13(4,5)6)11(16)10(14-15)9(2)3/h9,16H,7-8H2,1-6H3. The van der Waals surface area contributed by atoms with Crippen molar-refractivity contribution in [2.24, 2.45) is 0 Å². The van der Waals surface area contributed by atoms with E-state index >= 15 is 0 Å². The third kappa shape index (κ3) is 2.39. The quantitative estimate of drug-likeness (QED) is 0.854. The van der Waals surface area contributed by atoms with E-state index < -0.39 is 0 Å². The van der Waals surface area contributed by atoms with Gasteiger partial charge in [0.25, 0.3) is 0 Å². The summed E-state index contributed by atoms with van der Waals surface area (Å²) in [6, 6.07) is 0. The summed E-state index contributed by atoms with van der Waals surface area (Å²) in [6.45, 7) is 13.4. The molecule has 0 atom stereocenters. The van der Waals surface area contributed by atoms with Gasteiger partial charge in [-0.2, -0.15) is 5.10 Å². The summed E-state index contributed by atoms with van der Waals surface area (Å²) in [6.07, 6.45) is 1.03. The summed E-state index contributed by atoms with van der Waals surface area (Å²) in [7, 11) is 0. The van der Waals surface area contributed by atoms with Gasteiger partial charge in [-0.15, -0.1) is 0 Å². The number of aryl methyl sites for hydroxylation is 1. The van der Waals surface area contributed by atoms with Gasteiger partial charge < -0.3 is 5.11 Å². The Kier molecular flexibility index (Phi) is 3.66. The van der Waals surface area contributed by atoms with Crippen molar-refractivity contribution in [1.82, 2.24) is 9.78 Å². The Hall–Kier alpha value is -0.990. The average molecular weight is 224 g/mol. The maximum Gasteiger partial charge on any atom is 0.160 e. The normalized spacial score (nSPS) is 12.4. The summed E-state index contributed by atoms with van der Waals surface area (Å²) in [5.41, 5.74) is 1.70. The summed E-state index contributed by atoms with van der Waals surface area (Å²) >= 11 is 0. The van der Waals surface area contributed by atoms with Crippen LogP contribution < -0.4 is 0 Å². The van der Waals surface area contributed by atoms with Crippen LogP contribution in [0, 0.1) is 0 Å². The molecule has 0 fully saturated rings. The Labute approximate surface area is 98.5 Å². The molecular formula is C13H24N2O. The van der Waals surface area contributed by atoms with Crippen LogP contribution in [0.25, 0.3) is 0 Å². The lowest BCUT2D eigenvalue weighted by Gasteiger charge is -2.20. The van der Waals surface area contributed by atoms with Crippen LogP contribution in [0.15, 0.2) is 0 Å². The highest BCUT2D eigenvalue weighted by Gasteiger charge is 2.27. The van der Waals surface area contributed by atoms with Crippen LogP contribution in [0.3, 0.4) is 0 Å². The second-order valence-corrected chi connectivity index (χ2v) is 5.71. The van der Waals surface area contributed by atoms with E-state index in [9.17, 15) is 5.11 Å². The van der Waals surface area contributed by atoms with E-state index in [0.29, 0.717) is 5.75 Å². The fourth-order valence-corrected chi connectivity index (χ4v) is 1.98. The van der Waals surface area contributed by atoms with Crippen LogP contribution in [-0.2, 0) is 12.0 Å². The van der Waals surface area contributed by atoms with Gasteiger partial charge in [0.2, 0.25) is 0 Å². The van der Waals surface area contributed by atoms with Crippen molar-refractivity contribution in [3.05, 3.63) is 11.4 Å². The molecule has 0 aromatic carbocycles. The molecule has 1 aromatic rings. The van der Waals surface area contributed by atoms with E-state index in [1.165, 1.54) is 0 Å². The first-order valence-electron chi connectivity index (χ1n) is 6.09. The molecule has 0 saturated carbocycles. The summed E-state index contributed by atoms with van der Waals surface area (Å²) in [4.78, 5) is 0. The zero-order chi connectivity index (χ0) is 12.5. The first-order chi connectivity index (χ1) is 7.29. The Balaban J connectivity index is 3.32. The minimum absolute atomic E-state index is 0.0700. The Morgan fingerprint density at radius 3 is 2.25 bits per heavy atom. The Morgan fingerprint density at radius 2 is 1.88 bits per heavy atom. The Bertz CT molecular complexity index is 359. The second-order valence-electron chi connectivity index (χ2n) is 5.71. The lowest BCUT2D eigenvalue weighted by molar-refractivity contribution is 0.421. The fraction of sp³-hybridized carbons (Fsp3) is 0.769. The van der Waals surface area contributed by atoms with Gasteiger partial charge in [-0.25, -0.2) is 0 Å². The van der Waals surface area contributed by atoms with Gasteiger partial charge in [-0.05, 0) is 6.42 Å². The fourth-order valence-electron chi connectivity index (χ4n) is 1.98. The minimum atomic E-state index is -0.0700. The van der Waals surface area contributed by atoms with Crippen molar-refractivity contribution in [2.75, 3.05) is 0 Å². The number of rotatable bonds is 3. The maximum absolute atomic E-state index is 10.3. The van der Waals surface area contributed by atoms with E-state index in [0.717, 1.165) is 24.4 Å². The smallest absolute Gasteiger partial charge is 0.160 e. The van der Waals surface area contributed by atoms with Gasteiger partial charge in [0.15, 0.2) is 5.75 Å². The van der Waals surface area contributed by atoms with Gasteiger partial charge in [0.1, 0.15) is 5.69 Å². The number of hydrogen-bond donors (Lipinski definition) is 1. The van der Waals surface area contributed by atoms with Crippen LogP contribution in [0.5, 0.6) is 5.75 Å². The van der Waals surface area contributed by atoms with E-state index in [2.05, 4.69) is 46.6 Å². The van der Waals surface area contributed by atoms with Crippen molar-refractivity contribution in [3.63, 3.8) is 0 Å². The van der Waals surface area contributed by atoms with Crippen molar-refractivity contribution < 1.29 is 5.11 Å². The molecule has 3 heteroatoms. The first-order valence-corrected chi connectivity index (χ1v) is 6.09. The number of aromatic nitrogens is 2. The molecule has 1 rings (SSSR count). The topological polar surface area (TPSA) is 38.0 Å². The van der Waals surface area contributed by atoms with Crippen LogP contribution in [0.2, 0.25) is 0 Å². The Morgan fingerprint density at radius 1 is 1.31 bits per heavy atom. The molecule has 1 aromatic heterocycles. The summed E-state index contributed by atoms with van der Waals surface area (Å²) in [5, 5.41) is 14.8. The monoisotopic (exact) mass is 224 g/mol. The number of aromatic hydroxyl groups is 1. The molecule has 0 spiro atoms. The van der Waals surface area contributed by atoms with Crippen molar-refractivity contribution >= 4 is 0 Å². The van der Waals surface area contributed by atoms with Crippen molar-refractivity contribution in [3.8, 4) is 5.75 Å². The molecule has 0 aliphatic carbocycles. The highest BCUT2D eigenvalue weighted by molar-refractivity contribution is 5.38. The van der Waals surface area contributed by atoms with Crippen LogP contribution in [-0.4, -0.2) is 14.9 Å². The molecule has 0 saturated heterocycles. The van der Waals surface area contributed by atoms with Gasteiger partial charge in [-0.1, -0.05) is 41.5 Å². The summed E-state index contributed by atoms with van der Waals surface area (Å²) < 4.78 is 1.96. The molecule has 3 nitrogen and oxygen atoms in total. The highest BCUT2D eigenvalue weighted by Crippen LogP contribution is 2.36. The lowest BCUT2D eigenvalue weighted by atomic mass is 9.90. The number of hydrogen-bond acceptors (Lipinski definition) is 2. The molecule has 1 N–H and O–H groups in total. The van der Waals surface area contributed by atoms with E-state index in [-0.39, 0.29) is 11.3 Å². The molecule has 0 radical (unpaired) electrons. The predicted octanol–water partition coefficient (Wildman–Crippen LogP) is 3.42.